The van der Waals surface area contributed by atoms with Crippen molar-refractivity contribution in [3.05, 3.63) is 94.5 Å². The SMILES string of the molecule is N/N=C(\c1ccc(O)cc1)c1nc(-c2ccc(Cl)cc2)c(-c2ccccc2)s1. The lowest BCUT2D eigenvalue weighted by Gasteiger charge is -2.03. The van der Waals surface area contributed by atoms with E-state index in [1.54, 1.807) is 24.3 Å². The van der Waals surface area contributed by atoms with Gasteiger partial charge in [-0.3, -0.25) is 0 Å². The van der Waals surface area contributed by atoms with Gasteiger partial charge in [0, 0.05) is 16.1 Å². The highest BCUT2D eigenvalue weighted by Gasteiger charge is 2.19. The quantitative estimate of drug-likeness (QED) is 0.266. The number of hydrogen-bond donors (Lipinski definition) is 2. The van der Waals surface area contributed by atoms with Gasteiger partial charge in [-0.05, 0) is 42.0 Å². The first-order chi connectivity index (χ1) is 13.7. The molecule has 0 amide bonds. The van der Waals surface area contributed by atoms with Crippen LogP contribution in [0.5, 0.6) is 5.75 Å². The Kier molecular flexibility index (Phi) is 5.10. The number of hydrogen-bond acceptors (Lipinski definition) is 5. The van der Waals surface area contributed by atoms with Crippen LogP contribution in [0.3, 0.4) is 0 Å². The summed E-state index contributed by atoms with van der Waals surface area (Å²) in [4.78, 5) is 5.88. The van der Waals surface area contributed by atoms with Gasteiger partial charge in [-0.25, -0.2) is 4.98 Å². The molecular weight excluding hydrogens is 390 g/mol. The van der Waals surface area contributed by atoms with Gasteiger partial charge in [0.1, 0.15) is 16.5 Å². The molecule has 0 aliphatic heterocycles. The molecule has 0 saturated heterocycles. The second-order valence-corrected chi connectivity index (χ2v) is 7.53. The summed E-state index contributed by atoms with van der Waals surface area (Å²) in [5, 5.41) is 14.9. The van der Waals surface area contributed by atoms with E-state index in [0.717, 1.165) is 27.3 Å². The van der Waals surface area contributed by atoms with Crippen LogP contribution in [0.4, 0.5) is 0 Å². The Bertz CT molecular complexity index is 1120. The van der Waals surface area contributed by atoms with E-state index in [9.17, 15) is 5.11 Å². The van der Waals surface area contributed by atoms with Gasteiger partial charge >= 0.3 is 0 Å². The van der Waals surface area contributed by atoms with E-state index < -0.39 is 0 Å². The normalized spacial score (nSPS) is 11.5. The van der Waals surface area contributed by atoms with Gasteiger partial charge in [0.05, 0.1) is 10.6 Å². The van der Waals surface area contributed by atoms with Crippen molar-refractivity contribution < 1.29 is 5.11 Å². The third-order valence-corrected chi connectivity index (χ3v) is 5.62. The van der Waals surface area contributed by atoms with Crippen LogP contribution in [-0.2, 0) is 0 Å². The molecule has 3 aromatic carbocycles. The zero-order valence-corrected chi connectivity index (χ0v) is 16.3. The molecule has 0 saturated carbocycles. The van der Waals surface area contributed by atoms with Crippen LogP contribution >= 0.6 is 22.9 Å². The lowest BCUT2D eigenvalue weighted by molar-refractivity contribution is 0.475. The van der Waals surface area contributed by atoms with Crippen LogP contribution in [0.1, 0.15) is 10.6 Å². The Morgan fingerprint density at radius 2 is 1.57 bits per heavy atom. The van der Waals surface area contributed by atoms with Crippen molar-refractivity contribution >= 4 is 28.6 Å². The van der Waals surface area contributed by atoms with Gasteiger partial charge in [0.25, 0.3) is 0 Å². The van der Waals surface area contributed by atoms with Gasteiger partial charge in [0.15, 0.2) is 0 Å². The number of thiazole rings is 1. The molecule has 0 bridgehead atoms. The molecule has 138 valence electrons. The number of hydrazone groups is 1. The maximum absolute atomic E-state index is 9.55. The van der Waals surface area contributed by atoms with E-state index in [4.69, 9.17) is 22.4 Å². The molecule has 0 fully saturated rings. The molecule has 1 aromatic heterocycles. The van der Waals surface area contributed by atoms with E-state index in [-0.39, 0.29) is 5.75 Å². The topological polar surface area (TPSA) is 71.5 Å². The molecule has 28 heavy (non-hydrogen) atoms. The van der Waals surface area contributed by atoms with Crippen molar-refractivity contribution in [3.8, 4) is 27.4 Å². The standard InChI is InChI=1S/C22H16ClN3OS/c23-17-10-6-14(7-11-17)19-21(16-4-2-1-3-5-16)28-22(25-19)20(26-24)15-8-12-18(27)13-9-15/h1-13,27H,24H2/b26-20+. The zero-order chi connectivity index (χ0) is 19.5. The fourth-order valence-corrected chi connectivity index (χ4v) is 4.12. The molecule has 0 aliphatic rings. The number of phenolic OH excluding ortho intramolecular Hbond substituents is 1. The fraction of sp³-hybridized carbons (Fsp3) is 0. The number of nitrogens with zero attached hydrogens (tertiary/aromatic N) is 2. The highest BCUT2D eigenvalue weighted by Crippen LogP contribution is 2.38. The first kappa shape index (κ1) is 18.2. The molecule has 4 nitrogen and oxygen atoms in total. The van der Waals surface area contributed by atoms with E-state index in [1.807, 2.05) is 42.5 Å². The van der Waals surface area contributed by atoms with Crippen LogP contribution in [0.15, 0.2) is 84.0 Å². The van der Waals surface area contributed by atoms with E-state index in [0.29, 0.717) is 15.7 Å². The maximum Gasteiger partial charge on any atom is 0.145 e. The highest BCUT2D eigenvalue weighted by molar-refractivity contribution is 7.17. The number of benzene rings is 3. The zero-order valence-electron chi connectivity index (χ0n) is 14.7. The van der Waals surface area contributed by atoms with Crippen LogP contribution in [0.2, 0.25) is 5.02 Å². The molecular formula is C22H16ClN3OS. The van der Waals surface area contributed by atoms with Crippen LogP contribution in [-0.4, -0.2) is 15.8 Å². The average Bonchev–Trinajstić information content (AvgIpc) is 3.16. The summed E-state index contributed by atoms with van der Waals surface area (Å²) in [7, 11) is 0. The van der Waals surface area contributed by atoms with Gasteiger partial charge < -0.3 is 10.9 Å². The number of phenols is 1. The van der Waals surface area contributed by atoms with Crippen molar-refractivity contribution in [1.82, 2.24) is 4.98 Å². The second-order valence-electron chi connectivity index (χ2n) is 6.09. The highest BCUT2D eigenvalue weighted by atomic mass is 35.5. The van der Waals surface area contributed by atoms with Gasteiger partial charge in [0.2, 0.25) is 0 Å². The number of aromatic nitrogens is 1. The number of aromatic hydroxyl groups is 1. The molecule has 4 aromatic rings. The summed E-state index contributed by atoms with van der Waals surface area (Å²) in [5.74, 6) is 5.89. The first-order valence-electron chi connectivity index (χ1n) is 8.55. The molecule has 6 heteroatoms. The summed E-state index contributed by atoms with van der Waals surface area (Å²) >= 11 is 7.58. The predicted octanol–water partition coefficient (Wildman–Crippen LogP) is 5.55. The summed E-state index contributed by atoms with van der Waals surface area (Å²) in [6.45, 7) is 0. The lowest BCUT2D eigenvalue weighted by Crippen LogP contribution is -2.05. The smallest absolute Gasteiger partial charge is 0.145 e. The Morgan fingerprint density at radius 1 is 0.893 bits per heavy atom. The summed E-state index contributed by atoms with van der Waals surface area (Å²) in [6.07, 6.45) is 0. The average molecular weight is 406 g/mol. The number of nitrogens with two attached hydrogens (primary N) is 1. The summed E-state index contributed by atoms with van der Waals surface area (Å²) in [6, 6.07) is 24.4. The Labute approximate surface area is 171 Å². The van der Waals surface area contributed by atoms with Crippen molar-refractivity contribution in [1.29, 1.82) is 0 Å². The van der Waals surface area contributed by atoms with Gasteiger partial charge in [-0.1, -0.05) is 54.1 Å². The third-order valence-electron chi connectivity index (χ3n) is 4.25. The first-order valence-corrected chi connectivity index (χ1v) is 9.75. The van der Waals surface area contributed by atoms with E-state index in [1.165, 1.54) is 11.3 Å². The molecule has 0 unspecified atom stereocenters. The van der Waals surface area contributed by atoms with Crippen molar-refractivity contribution in [2.75, 3.05) is 0 Å². The van der Waals surface area contributed by atoms with Gasteiger partial charge in [-0.2, -0.15) is 5.10 Å². The summed E-state index contributed by atoms with van der Waals surface area (Å²) in [5.41, 5.74) is 4.24. The minimum atomic E-state index is 0.186. The molecule has 4 rings (SSSR count). The largest absolute Gasteiger partial charge is 0.508 e. The molecule has 1 heterocycles. The molecule has 0 atom stereocenters. The van der Waals surface area contributed by atoms with Crippen molar-refractivity contribution in [2.24, 2.45) is 10.9 Å². The van der Waals surface area contributed by atoms with E-state index in [2.05, 4.69) is 17.2 Å². The molecule has 0 radical (unpaired) electrons. The van der Waals surface area contributed by atoms with Crippen molar-refractivity contribution in [2.45, 2.75) is 0 Å². The summed E-state index contributed by atoms with van der Waals surface area (Å²) < 4.78 is 0. The minimum Gasteiger partial charge on any atom is -0.508 e. The maximum atomic E-state index is 9.55. The Balaban J connectivity index is 1.87. The lowest BCUT2D eigenvalue weighted by atomic mass is 10.1. The molecule has 3 N–H and O–H groups in total. The number of rotatable bonds is 4. The molecule has 0 aliphatic carbocycles. The Hall–Kier alpha value is -3.15. The second kappa shape index (κ2) is 7.84. The number of halogens is 1. The van der Waals surface area contributed by atoms with Crippen LogP contribution < -0.4 is 5.84 Å². The fourth-order valence-electron chi connectivity index (χ4n) is 2.88. The molecule has 0 spiro atoms. The monoisotopic (exact) mass is 405 g/mol. The third kappa shape index (κ3) is 3.63. The van der Waals surface area contributed by atoms with E-state index >= 15 is 0 Å². The van der Waals surface area contributed by atoms with Crippen molar-refractivity contribution in [3.63, 3.8) is 0 Å². The Morgan fingerprint density at radius 3 is 2.21 bits per heavy atom. The minimum absolute atomic E-state index is 0.186. The van der Waals surface area contributed by atoms with Crippen LogP contribution in [0, 0.1) is 0 Å². The van der Waals surface area contributed by atoms with Gasteiger partial charge in [-0.15, -0.1) is 11.3 Å². The predicted molar refractivity (Wildman–Crippen MR) is 116 cm³/mol. The van der Waals surface area contributed by atoms with Crippen LogP contribution in [0.25, 0.3) is 21.7 Å².